The molecule has 2 aliphatic heterocycles. The lowest BCUT2D eigenvalue weighted by molar-refractivity contribution is 0.0745. The largest absolute Gasteiger partial charge is 0.333 e. The molecule has 0 aliphatic carbocycles. The van der Waals surface area contributed by atoms with Gasteiger partial charge in [-0.25, -0.2) is 0 Å². The molecule has 4 heteroatoms. The second-order valence-corrected chi connectivity index (χ2v) is 8.45. The van der Waals surface area contributed by atoms with Crippen LogP contribution in [-0.4, -0.2) is 34.7 Å². The van der Waals surface area contributed by atoms with E-state index in [0.717, 1.165) is 22.3 Å². The van der Waals surface area contributed by atoms with Crippen molar-refractivity contribution in [3.05, 3.63) is 107 Å². The molecule has 158 valence electrons. The van der Waals surface area contributed by atoms with Gasteiger partial charge < -0.3 is 9.80 Å². The molecule has 2 aromatic rings. The fourth-order valence-electron chi connectivity index (χ4n) is 4.40. The summed E-state index contributed by atoms with van der Waals surface area (Å²) in [6, 6.07) is 15.6. The topological polar surface area (TPSA) is 40.6 Å². The second kappa shape index (κ2) is 8.76. The first-order valence-corrected chi connectivity index (χ1v) is 10.7. The minimum atomic E-state index is -0.267. The van der Waals surface area contributed by atoms with Crippen LogP contribution >= 0.6 is 0 Å². The molecule has 2 heterocycles. The van der Waals surface area contributed by atoms with Gasteiger partial charge in [-0.2, -0.15) is 0 Å². The lowest BCUT2D eigenvalue weighted by Crippen LogP contribution is -2.34. The molecule has 1 unspecified atom stereocenters. The van der Waals surface area contributed by atoms with Gasteiger partial charge in [0.2, 0.25) is 0 Å². The first kappa shape index (κ1) is 20.9. The summed E-state index contributed by atoms with van der Waals surface area (Å²) in [5.41, 5.74) is 3.54. The van der Waals surface area contributed by atoms with Crippen LogP contribution in [0, 0.1) is 5.41 Å². The Morgan fingerprint density at radius 1 is 0.839 bits per heavy atom. The summed E-state index contributed by atoms with van der Waals surface area (Å²) in [6.07, 6.45) is 12.3. The smallest absolute Gasteiger partial charge is 0.254 e. The van der Waals surface area contributed by atoms with Crippen molar-refractivity contribution in [2.24, 2.45) is 5.41 Å². The van der Waals surface area contributed by atoms with Crippen LogP contribution in [0.2, 0.25) is 0 Å². The van der Waals surface area contributed by atoms with Crippen LogP contribution in [-0.2, 0) is 13.1 Å². The Labute approximate surface area is 184 Å². The highest BCUT2D eigenvalue weighted by molar-refractivity contribution is 5.98. The van der Waals surface area contributed by atoms with Gasteiger partial charge in [0.15, 0.2) is 0 Å². The van der Waals surface area contributed by atoms with E-state index in [1.807, 2.05) is 89.6 Å². The molecule has 0 saturated carbocycles. The predicted octanol–water partition coefficient (Wildman–Crippen LogP) is 4.99. The third-order valence-electron chi connectivity index (χ3n) is 5.92. The van der Waals surface area contributed by atoms with Gasteiger partial charge in [-0.3, -0.25) is 9.59 Å². The van der Waals surface area contributed by atoms with Crippen molar-refractivity contribution in [2.45, 2.75) is 26.9 Å². The van der Waals surface area contributed by atoms with Crippen molar-refractivity contribution in [3.8, 4) is 0 Å². The van der Waals surface area contributed by atoms with Crippen molar-refractivity contribution in [2.75, 3.05) is 13.1 Å². The second-order valence-electron chi connectivity index (χ2n) is 8.45. The third kappa shape index (κ3) is 4.38. The Bertz CT molecular complexity index is 1080. The zero-order valence-electron chi connectivity index (χ0n) is 18.1. The zero-order valence-corrected chi connectivity index (χ0v) is 18.1. The Balaban J connectivity index is 1.37. The van der Waals surface area contributed by atoms with Gasteiger partial charge in [0, 0.05) is 42.7 Å². The summed E-state index contributed by atoms with van der Waals surface area (Å²) in [5.74, 6) is 0.192. The molecule has 0 saturated heterocycles. The Hall–Kier alpha value is -3.40. The molecule has 4 rings (SSSR count). The summed E-state index contributed by atoms with van der Waals surface area (Å²) < 4.78 is 0. The van der Waals surface area contributed by atoms with Gasteiger partial charge in [0.05, 0.1) is 0 Å². The number of nitrogens with zero attached hydrogens (tertiary/aromatic N) is 2. The van der Waals surface area contributed by atoms with E-state index in [0.29, 0.717) is 26.2 Å². The molecule has 0 N–H and O–H groups in total. The lowest BCUT2D eigenvalue weighted by Gasteiger charge is -2.28. The first-order chi connectivity index (χ1) is 15.0. The normalized spacial score (nSPS) is 17.9. The summed E-state index contributed by atoms with van der Waals surface area (Å²) in [5, 5.41) is 0. The monoisotopic (exact) mass is 412 g/mol. The average Bonchev–Trinajstić information content (AvgIpc) is 3.25. The molecule has 4 nitrogen and oxygen atoms in total. The number of carbonyl (C=O) groups excluding carboxylic acids is 2. The maximum absolute atomic E-state index is 12.8. The standard InChI is InChI=1S/C27H28N2O2/c1-3-15-27(2,20-29-19-22-12-6-8-14-24(22)26(29)31)16-9-4-10-17-28-18-21-11-5-7-13-23(21)25(28)30/h3-16H,17-20H2,1-2H3/b10-4+,15-3-,16-9-. The van der Waals surface area contributed by atoms with Gasteiger partial charge in [-0.05, 0) is 30.2 Å². The van der Waals surface area contributed by atoms with E-state index in [9.17, 15) is 9.59 Å². The highest BCUT2D eigenvalue weighted by Gasteiger charge is 2.31. The van der Waals surface area contributed by atoms with E-state index in [1.54, 1.807) is 0 Å². The maximum Gasteiger partial charge on any atom is 0.254 e. The Morgan fingerprint density at radius 2 is 1.42 bits per heavy atom. The third-order valence-corrected chi connectivity index (χ3v) is 5.92. The van der Waals surface area contributed by atoms with Crippen LogP contribution in [0.15, 0.2) is 85.0 Å². The number of fused-ring (bicyclic) bond motifs is 2. The summed E-state index contributed by atoms with van der Waals surface area (Å²) in [4.78, 5) is 29.0. The first-order valence-electron chi connectivity index (χ1n) is 10.7. The number of rotatable bonds is 7. The van der Waals surface area contributed by atoms with Crippen LogP contribution in [0.3, 0.4) is 0 Å². The molecular formula is C27H28N2O2. The highest BCUT2D eigenvalue weighted by Crippen LogP contribution is 2.29. The van der Waals surface area contributed by atoms with Gasteiger partial charge in [0.25, 0.3) is 11.8 Å². The summed E-state index contributed by atoms with van der Waals surface area (Å²) in [7, 11) is 0. The van der Waals surface area contributed by atoms with Crippen LogP contribution in [0.25, 0.3) is 0 Å². The fraction of sp³-hybridized carbons (Fsp3) is 0.259. The molecule has 31 heavy (non-hydrogen) atoms. The van der Waals surface area contributed by atoms with E-state index in [4.69, 9.17) is 0 Å². The number of hydrogen-bond acceptors (Lipinski definition) is 2. The minimum Gasteiger partial charge on any atom is -0.333 e. The number of amides is 2. The quantitative estimate of drug-likeness (QED) is 0.475. The van der Waals surface area contributed by atoms with Crippen molar-refractivity contribution in [1.82, 2.24) is 9.80 Å². The average molecular weight is 413 g/mol. The van der Waals surface area contributed by atoms with Crippen LogP contribution in [0.1, 0.15) is 45.7 Å². The molecule has 2 aliphatic rings. The van der Waals surface area contributed by atoms with E-state index in [-0.39, 0.29) is 17.2 Å². The van der Waals surface area contributed by atoms with Gasteiger partial charge in [0.1, 0.15) is 0 Å². The molecule has 1 atom stereocenters. The van der Waals surface area contributed by atoms with Gasteiger partial charge in [-0.15, -0.1) is 0 Å². The number of carbonyl (C=O) groups is 2. The number of benzene rings is 2. The molecule has 0 spiro atoms. The van der Waals surface area contributed by atoms with Crippen LogP contribution < -0.4 is 0 Å². The zero-order chi connectivity index (χ0) is 21.8. The molecule has 0 bridgehead atoms. The van der Waals surface area contributed by atoms with Crippen LogP contribution in [0.5, 0.6) is 0 Å². The van der Waals surface area contributed by atoms with Crippen molar-refractivity contribution in [3.63, 3.8) is 0 Å². The molecule has 0 aromatic heterocycles. The molecule has 2 amide bonds. The molecule has 2 aromatic carbocycles. The van der Waals surface area contributed by atoms with E-state index < -0.39 is 0 Å². The summed E-state index contributed by atoms with van der Waals surface area (Å²) in [6.45, 7) is 6.65. The van der Waals surface area contributed by atoms with E-state index in [1.165, 1.54) is 0 Å². The lowest BCUT2D eigenvalue weighted by atomic mass is 9.88. The number of hydrogen-bond donors (Lipinski definition) is 0. The van der Waals surface area contributed by atoms with Gasteiger partial charge >= 0.3 is 0 Å². The van der Waals surface area contributed by atoms with Crippen molar-refractivity contribution < 1.29 is 9.59 Å². The van der Waals surface area contributed by atoms with Crippen molar-refractivity contribution in [1.29, 1.82) is 0 Å². The Morgan fingerprint density at radius 3 is 2.03 bits per heavy atom. The Kier molecular flexibility index (Phi) is 5.90. The maximum atomic E-state index is 12.8. The highest BCUT2D eigenvalue weighted by atomic mass is 16.2. The predicted molar refractivity (Wildman–Crippen MR) is 124 cm³/mol. The SMILES string of the molecule is C/C=C\C(C)(/C=C\C=C\CN1Cc2ccccc2C1=O)CN1Cc2ccccc2C1=O. The summed E-state index contributed by atoms with van der Waals surface area (Å²) >= 11 is 0. The van der Waals surface area contributed by atoms with Crippen LogP contribution in [0.4, 0.5) is 0 Å². The molecule has 0 fully saturated rings. The molecule has 0 radical (unpaired) electrons. The van der Waals surface area contributed by atoms with E-state index in [2.05, 4.69) is 19.1 Å². The minimum absolute atomic E-state index is 0.0927. The van der Waals surface area contributed by atoms with Gasteiger partial charge in [-0.1, -0.05) is 79.8 Å². The van der Waals surface area contributed by atoms with E-state index >= 15 is 0 Å². The fourth-order valence-corrected chi connectivity index (χ4v) is 4.40. The van der Waals surface area contributed by atoms with Crippen molar-refractivity contribution >= 4 is 11.8 Å². The number of allylic oxidation sites excluding steroid dienone is 3. The molecular weight excluding hydrogens is 384 g/mol.